The fraction of sp³-hybridized carbons (Fsp3) is 0.250. The second kappa shape index (κ2) is 6.86. The first-order valence-corrected chi connectivity index (χ1v) is 8.71. The molecule has 0 aliphatic heterocycles. The molecule has 1 saturated carbocycles. The summed E-state index contributed by atoms with van der Waals surface area (Å²) in [5, 5.41) is 0. The van der Waals surface area contributed by atoms with Gasteiger partial charge in [-0.2, -0.15) is 21.6 Å². The van der Waals surface area contributed by atoms with Crippen molar-refractivity contribution in [3.05, 3.63) is 54.1 Å². The molecule has 0 saturated heterocycles. The topological polar surface area (TPSA) is 72.2 Å². The van der Waals surface area contributed by atoms with E-state index in [0.29, 0.717) is 11.5 Å². The third-order valence-corrected chi connectivity index (χ3v) is 5.05. The van der Waals surface area contributed by atoms with Crippen LogP contribution in [0.15, 0.2) is 48.5 Å². The summed E-state index contributed by atoms with van der Waals surface area (Å²) in [6, 6.07) is 13.6. The molecule has 0 unspecified atom stereocenters. The fourth-order valence-electron chi connectivity index (χ4n) is 2.50. The van der Waals surface area contributed by atoms with E-state index in [9.17, 15) is 21.6 Å². The van der Waals surface area contributed by atoms with Crippen LogP contribution in [0, 0.1) is 0 Å². The number of anilines is 1. The van der Waals surface area contributed by atoms with E-state index in [1.807, 2.05) is 24.3 Å². The average molecular weight is 393 g/mol. The van der Waals surface area contributed by atoms with Crippen LogP contribution in [0.25, 0.3) is 11.1 Å². The van der Waals surface area contributed by atoms with Crippen LogP contribution in [0.4, 0.5) is 18.9 Å². The first-order chi connectivity index (χ1) is 11.2. The van der Waals surface area contributed by atoms with Gasteiger partial charge in [-0.25, -0.2) is 0 Å². The van der Waals surface area contributed by atoms with Gasteiger partial charge in [0.25, 0.3) is 0 Å². The molecule has 1 fully saturated rings. The molecule has 9 heteroatoms. The van der Waals surface area contributed by atoms with Crippen molar-refractivity contribution in [2.45, 2.75) is 23.9 Å². The van der Waals surface area contributed by atoms with Crippen molar-refractivity contribution in [3.8, 4) is 11.1 Å². The zero-order valence-corrected chi connectivity index (χ0v) is 14.5. The minimum absolute atomic E-state index is 0. The minimum atomic E-state index is -5.43. The van der Waals surface area contributed by atoms with Gasteiger partial charge in [0.1, 0.15) is 0 Å². The zero-order valence-electron chi connectivity index (χ0n) is 12.8. The SMILES string of the molecule is Cl.N[C@@H]1C[C@H]1c1ccc(-c2cccc(NS(=O)(=O)C(F)(F)F)c2)cc1. The van der Waals surface area contributed by atoms with Gasteiger partial charge in [0.15, 0.2) is 0 Å². The maximum Gasteiger partial charge on any atom is 0.516 e. The highest BCUT2D eigenvalue weighted by molar-refractivity contribution is 7.93. The average Bonchev–Trinajstić information content (AvgIpc) is 3.23. The van der Waals surface area contributed by atoms with Crippen molar-refractivity contribution in [1.29, 1.82) is 0 Å². The maximum absolute atomic E-state index is 12.4. The Morgan fingerprint density at radius 2 is 1.64 bits per heavy atom. The lowest BCUT2D eigenvalue weighted by atomic mass is 10.0. The molecule has 0 amide bonds. The number of sulfonamides is 1. The molecular formula is C16H16ClF3N2O2S. The summed E-state index contributed by atoms with van der Waals surface area (Å²) in [5.41, 5.74) is 2.83. The van der Waals surface area contributed by atoms with Gasteiger partial charge in [-0.05, 0) is 35.2 Å². The summed E-state index contributed by atoms with van der Waals surface area (Å²) in [5.74, 6) is 0.365. The van der Waals surface area contributed by atoms with Gasteiger partial charge >= 0.3 is 15.5 Å². The monoisotopic (exact) mass is 392 g/mol. The van der Waals surface area contributed by atoms with Crippen molar-refractivity contribution in [2.24, 2.45) is 5.73 Å². The van der Waals surface area contributed by atoms with E-state index in [2.05, 4.69) is 0 Å². The van der Waals surface area contributed by atoms with Crippen molar-refractivity contribution in [1.82, 2.24) is 0 Å². The number of nitrogens with one attached hydrogen (secondary N) is 1. The quantitative estimate of drug-likeness (QED) is 0.830. The highest BCUT2D eigenvalue weighted by Crippen LogP contribution is 2.39. The Kier molecular flexibility index (Phi) is 5.36. The van der Waals surface area contributed by atoms with E-state index in [1.54, 1.807) is 10.8 Å². The Morgan fingerprint density at radius 1 is 1.04 bits per heavy atom. The first kappa shape index (κ1) is 19.6. The molecule has 0 radical (unpaired) electrons. The molecule has 3 rings (SSSR count). The minimum Gasteiger partial charge on any atom is -0.327 e. The lowest BCUT2D eigenvalue weighted by molar-refractivity contribution is -0.0429. The van der Waals surface area contributed by atoms with Gasteiger partial charge in [0.2, 0.25) is 0 Å². The summed E-state index contributed by atoms with van der Waals surface area (Å²) in [7, 11) is -5.43. The van der Waals surface area contributed by atoms with Crippen molar-refractivity contribution in [2.75, 3.05) is 4.72 Å². The number of alkyl halides is 3. The molecule has 0 spiro atoms. The van der Waals surface area contributed by atoms with Crippen LogP contribution in [-0.4, -0.2) is 20.0 Å². The smallest absolute Gasteiger partial charge is 0.327 e. The molecule has 0 bridgehead atoms. The lowest BCUT2D eigenvalue weighted by Gasteiger charge is -2.11. The standard InChI is InChI=1S/C16H15F3N2O2S.ClH/c17-16(18,19)24(22,23)21-13-3-1-2-12(8-13)10-4-6-11(7-5-10)14-9-15(14)20;/h1-8,14-15,21H,9,20H2;1H/t14-,15+;/m0./s1. The molecule has 4 nitrogen and oxygen atoms in total. The van der Waals surface area contributed by atoms with Crippen LogP contribution < -0.4 is 10.5 Å². The zero-order chi connectivity index (χ0) is 17.5. The Hall–Kier alpha value is -1.77. The van der Waals surface area contributed by atoms with Gasteiger partial charge in [0.05, 0.1) is 0 Å². The Labute approximate surface area is 149 Å². The largest absolute Gasteiger partial charge is 0.516 e. The van der Waals surface area contributed by atoms with Gasteiger partial charge in [0, 0.05) is 17.6 Å². The van der Waals surface area contributed by atoms with Gasteiger partial charge in [-0.1, -0.05) is 36.4 Å². The van der Waals surface area contributed by atoms with Crippen LogP contribution in [0.1, 0.15) is 17.9 Å². The number of benzene rings is 2. The molecule has 3 N–H and O–H groups in total. The van der Waals surface area contributed by atoms with E-state index < -0.39 is 15.5 Å². The van der Waals surface area contributed by atoms with E-state index >= 15 is 0 Å². The molecule has 136 valence electrons. The third-order valence-electron chi connectivity index (χ3n) is 3.93. The predicted molar refractivity (Wildman–Crippen MR) is 93.1 cm³/mol. The third kappa shape index (κ3) is 4.26. The summed E-state index contributed by atoms with van der Waals surface area (Å²) in [6.45, 7) is 0. The number of rotatable bonds is 4. The van der Waals surface area contributed by atoms with Gasteiger partial charge in [-0.3, -0.25) is 4.72 Å². The van der Waals surface area contributed by atoms with Crippen LogP contribution in [-0.2, 0) is 10.0 Å². The summed E-state index contributed by atoms with van der Waals surface area (Å²) in [6.07, 6.45) is 0.952. The van der Waals surface area contributed by atoms with E-state index in [4.69, 9.17) is 5.73 Å². The molecule has 0 heterocycles. The summed E-state index contributed by atoms with van der Waals surface area (Å²) in [4.78, 5) is 0. The van der Waals surface area contributed by atoms with Crippen LogP contribution in [0.5, 0.6) is 0 Å². The Balaban J connectivity index is 0.00000225. The fourth-order valence-corrected chi connectivity index (χ4v) is 3.05. The number of nitrogens with two attached hydrogens (primary N) is 1. The second-order valence-electron chi connectivity index (χ2n) is 5.76. The summed E-state index contributed by atoms with van der Waals surface area (Å²) >= 11 is 0. The van der Waals surface area contributed by atoms with Crippen LogP contribution in [0.2, 0.25) is 0 Å². The second-order valence-corrected chi connectivity index (χ2v) is 7.43. The lowest BCUT2D eigenvalue weighted by Crippen LogP contribution is -2.29. The van der Waals surface area contributed by atoms with Crippen molar-refractivity contribution < 1.29 is 21.6 Å². The Morgan fingerprint density at radius 3 is 2.16 bits per heavy atom. The van der Waals surface area contributed by atoms with E-state index in [-0.39, 0.29) is 24.1 Å². The number of halogens is 4. The normalized spacial score (nSPS) is 19.8. The predicted octanol–water partition coefficient (Wildman–Crippen LogP) is 3.85. The van der Waals surface area contributed by atoms with Crippen LogP contribution >= 0.6 is 12.4 Å². The molecule has 1 aliphatic carbocycles. The first-order valence-electron chi connectivity index (χ1n) is 7.22. The summed E-state index contributed by atoms with van der Waals surface area (Å²) < 4.78 is 61.2. The molecule has 0 aromatic heterocycles. The van der Waals surface area contributed by atoms with Crippen LogP contribution in [0.3, 0.4) is 0 Å². The molecule has 2 atom stereocenters. The number of hydrogen-bond acceptors (Lipinski definition) is 3. The molecule has 25 heavy (non-hydrogen) atoms. The maximum atomic E-state index is 12.4. The highest BCUT2D eigenvalue weighted by atomic mass is 35.5. The molecule has 2 aromatic carbocycles. The molecule has 2 aromatic rings. The van der Waals surface area contributed by atoms with E-state index in [1.165, 1.54) is 18.2 Å². The Bertz CT molecular complexity index is 854. The molecule has 1 aliphatic rings. The van der Waals surface area contributed by atoms with Gasteiger partial charge in [-0.15, -0.1) is 12.4 Å². The van der Waals surface area contributed by atoms with Crippen molar-refractivity contribution >= 4 is 28.1 Å². The molecular weight excluding hydrogens is 377 g/mol. The van der Waals surface area contributed by atoms with Gasteiger partial charge < -0.3 is 5.73 Å². The highest BCUT2D eigenvalue weighted by Gasteiger charge is 2.46. The number of hydrogen-bond donors (Lipinski definition) is 2. The van der Waals surface area contributed by atoms with E-state index in [0.717, 1.165) is 17.5 Å². The van der Waals surface area contributed by atoms with Crippen molar-refractivity contribution in [3.63, 3.8) is 0 Å².